The van der Waals surface area contributed by atoms with Crippen molar-refractivity contribution in [2.24, 2.45) is 0 Å². The van der Waals surface area contributed by atoms with Gasteiger partial charge in [-0.2, -0.15) is 0 Å². The molecule has 0 amide bonds. The molecule has 1 rings (SSSR count). The van der Waals surface area contributed by atoms with E-state index in [4.69, 9.17) is 0 Å². The Hall–Kier alpha value is -0.600. The number of allylic oxidation sites excluding steroid dienone is 2. The number of rotatable bonds is 2. The van der Waals surface area contributed by atoms with Crippen molar-refractivity contribution in [2.75, 3.05) is 13.1 Å². The lowest BCUT2D eigenvalue weighted by Crippen LogP contribution is -2.42. The normalized spacial score (nSPS) is 21.0. The van der Waals surface area contributed by atoms with Crippen LogP contribution in [0, 0.1) is 0 Å². The van der Waals surface area contributed by atoms with Crippen LogP contribution in [-0.2, 0) is 0 Å². The molecular weight excluding hydrogens is 186 g/mol. The summed E-state index contributed by atoms with van der Waals surface area (Å²) in [4.78, 5) is 0. The topological polar surface area (TPSA) is 32.3 Å². The molecule has 2 heteroatoms. The lowest BCUT2D eigenvalue weighted by molar-refractivity contribution is 0.0495. The molecule has 15 heavy (non-hydrogen) atoms. The van der Waals surface area contributed by atoms with Gasteiger partial charge in [-0.05, 0) is 45.4 Å². The number of hydrogen-bond donors (Lipinski definition) is 2. The van der Waals surface area contributed by atoms with Gasteiger partial charge in [-0.25, -0.2) is 0 Å². The van der Waals surface area contributed by atoms with Crippen molar-refractivity contribution < 1.29 is 5.11 Å². The van der Waals surface area contributed by atoms with Crippen LogP contribution in [0.3, 0.4) is 0 Å². The average Bonchev–Trinajstić information content (AvgIpc) is 2.29. The molecule has 88 valence electrons. The van der Waals surface area contributed by atoms with E-state index in [1.165, 1.54) is 0 Å². The monoisotopic (exact) mass is 211 g/mol. The Balaban J connectivity index is 0.000000921. The zero-order valence-electron chi connectivity index (χ0n) is 10.5. The molecule has 0 saturated carbocycles. The molecular formula is C13H25NO. The SMILES string of the molecule is C/C=C\C(=C/C)C1(O)CCNCC1.CC. The summed E-state index contributed by atoms with van der Waals surface area (Å²) >= 11 is 0. The van der Waals surface area contributed by atoms with Gasteiger partial charge >= 0.3 is 0 Å². The highest BCUT2D eigenvalue weighted by Gasteiger charge is 2.31. The summed E-state index contributed by atoms with van der Waals surface area (Å²) in [6, 6.07) is 0. The first-order chi connectivity index (χ1) is 7.23. The second-order valence-corrected chi connectivity index (χ2v) is 3.53. The Kier molecular flexibility index (Phi) is 7.35. The first-order valence-corrected chi connectivity index (χ1v) is 5.95. The largest absolute Gasteiger partial charge is 0.385 e. The van der Waals surface area contributed by atoms with E-state index in [1.54, 1.807) is 0 Å². The maximum absolute atomic E-state index is 10.3. The molecule has 1 fully saturated rings. The molecule has 0 aliphatic carbocycles. The molecule has 1 saturated heterocycles. The number of aliphatic hydroxyl groups is 1. The van der Waals surface area contributed by atoms with Gasteiger partial charge in [-0.3, -0.25) is 0 Å². The maximum Gasteiger partial charge on any atom is 0.0917 e. The van der Waals surface area contributed by atoms with E-state index in [1.807, 2.05) is 45.9 Å². The van der Waals surface area contributed by atoms with E-state index in [2.05, 4.69) is 5.32 Å². The highest BCUT2D eigenvalue weighted by Crippen LogP contribution is 2.27. The first kappa shape index (κ1) is 14.4. The van der Waals surface area contributed by atoms with E-state index in [0.717, 1.165) is 31.5 Å². The lowest BCUT2D eigenvalue weighted by atomic mass is 9.84. The van der Waals surface area contributed by atoms with Crippen LogP contribution in [-0.4, -0.2) is 23.8 Å². The van der Waals surface area contributed by atoms with Gasteiger partial charge in [0, 0.05) is 0 Å². The number of piperidine rings is 1. The molecule has 1 heterocycles. The van der Waals surface area contributed by atoms with Crippen molar-refractivity contribution in [3.05, 3.63) is 23.8 Å². The minimum atomic E-state index is -0.591. The van der Waals surface area contributed by atoms with Crippen LogP contribution in [0.5, 0.6) is 0 Å². The number of nitrogens with one attached hydrogen (secondary N) is 1. The summed E-state index contributed by atoms with van der Waals surface area (Å²) in [6.45, 7) is 9.78. The molecule has 2 nitrogen and oxygen atoms in total. The minimum absolute atomic E-state index is 0.591. The van der Waals surface area contributed by atoms with Crippen LogP contribution in [0.1, 0.15) is 40.5 Å². The smallest absolute Gasteiger partial charge is 0.0917 e. The number of hydrogen-bond acceptors (Lipinski definition) is 2. The Morgan fingerprint density at radius 2 is 1.73 bits per heavy atom. The van der Waals surface area contributed by atoms with Crippen molar-refractivity contribution in [3.8, 4) is 0 Å². The molecule has 0 radical (unpaired) electrons. The van der Waals surface area contributed by atoms with Gasteiger partial charge in [0.1, 0.15) is 0 Å². The van der Waals surface area contributed by atoms with Crippen molar-refractivity contribution in [3.63, 3.8) is 0 Å². The first-order valence-electron chi connectivity index (χ1n) is 5.95. The molecule has 0 atom stereocenters. The molecule has 0 aromatic rings. The molecule has 0 unspecified atom stereocenters. The standard InChI is InChI=1S/C11H19NO.C2H6/c1-3-5-10(4-2)11(13)6-8-12-9-7-11;1-2/h3-5,12-13H,6-9H2,1-2H3;1-2H3/b5-3-,10-4+;. The van der Waals surface area contributed by atoms with Crippen molar-refractivity contribution >= 4 is 0 Å². The molecule has 0 bridgehead atoms. The van der Waals surface area contributed by atoms with Crippen molar-refractivity contribution in [1.29, 1.82) is 0 Å². The third kappa shape index (κ3) is 4.18. The van der Waals surface area contributed by atoms with Gasteiger partial charge in [0.05, 0.1) is 5.60 Å². The molecule has 0 aromatic carbocycles. The van der Waals surface area contributed by atoms with E-state index < -0.39 is 5.60 Å². The zero-order valence-corrected chi connectivity index (χ0v) is 10.5. The van der Waals surface area contributed by atoms with Crippen molar-refractivity contribution in [2.45, 2.75) is 46.1 Å². The van der Waals surface area contributed by atoms with E-state index in [0.29, 0.717) is 0 Å². The molecule has 0 aromatic heterocycles. The van der Waals surface area contributed by atoms with Crippen LogP contribution in [0.2, 0.25) is 0 Å². The predicted octanol–water partition coefficient (Wildman–Crippen LogP) is 2.65. The van der Waals surface area contributed by atoms with Crippen LogP contribution in [0.25, 0.3) is 0 Å². The highest BCUT2D eigenvalue weighted by atomic mass is 16.3. The van der Waals surface area contributed by atoms with E-state index >= 15 is 0 Å². The highest BCUT2D eigenvalue weighted by molar-refractivity contribution is 5.28. The average molecular weight is 211 g/mol. The van der Waals surface area contributed by atoms with E-state index in [9.17, 15) is 5.11 Å². The Labute approximate surface area is 94.1 Å². The fourth-order valence-electron chi connectivity index (χ4n) is 1.83. The fraction of sp³-hybridized carbons (Fsp3) is 0.692. The summed E-state index contributed by atoms with van der Waals surface area (Å²) in [5, 5.41) is 13.6. The van der Waals surface area contributed by atoms with Gasteiger partial charge in [-0.15, -0.1) is 0 Å². The van der Waals surface area contributed by atoms with Crippen LogP contribution in [0.15, 0.2) is 23.8 Å². The fourth-order valence-corrected chi connectivity index (χ4v) is 1.83. The molecule has 0 spiro atoms. The predicted molar refractivity (Wildman–Crippen MR) is 67.0 cm³/mol. The van der Waals surface area contributed by atoms with Crippen LogP contribution >= 0.6 is 0 Å². The summed E-state index contributed by atoms with van der Waals surface area (Å²) in [6.07, 6.45) is 7.63. The third-order valence-electron chi connectivity index (χ3n) is 2.63. The van der Waals surface area contributed by atoms with Crippen LogP contribution in [0.4, 0.5) is 0 Å². The third-order valence-corrected chi connectivity index (χ3v) is 2.63. The summed E-state index contributed by atoms with van der Waals surface area (Å²) in [7, 11) is 0. The molecule has 2 N–H and O–H groups in total. The Morgan fingerprint density at radius 1 is 1.20 bits per heavy atom. The van der Waals surface area contributed by atoms with Crippen molar-refractivity contribution in [1.82, 2.24) is 5.32 Å². The van der Waals surface area contributed by atoms with Gasteiger partial charge in [0.15, 0.2) is 0 Å². The quantitative estimate of drug-likeness (QED) is 0.688. The molecule has 1 aliphatic heterocycles. The second kappa shape index (κ2) is 7.66. The lowest BCUT2D eigenvalue weighted by Gasteiger charge is -2.33. The zero-order chi connectivity index (χ0) is 11.7. The van der Waals surface area contributed by atoms with Gasteiger partial charge < -0.3 is 10.4 Å². The minimum Gasteiger partial charge on any atom is -0.385 e. The maximum atomic E-state index is 10.3. The Morgan fingerprint density at radius 3 is 2.13 bits per heavy atom. The summed E-state index contributed by atoms with van der Waals surface area (Å²) < 4.78 is 0. The van der Waals surface area contributed by atoms with Gasteiger partial charge in [-0.1, -0.05) is 32.1 Å². The second-order valence-electron chi connectivity index (χ2n) is 3.53. The summed E-state index contributed by atoms with van der Waals surface area (Å²) in [5.74, 6) is 0. The molecule has 1 aliphatic rings. The Bertz CT molecular complexity index is 213. The van der Waals surface area contributed by atoms with E-state index in [-0.39, 0.29) is 0 Å². The van der Waals surface area contributed by atoms with Gasteiger partial charge in [0.25, 0.3) is 0 Å². The summed E-state index contributed by atoms with van der Waals surface area (Å²) in [5.41, 5.74) is 0.462. The van der Waals surface area contributed by atoms with Crippen LogP contribution < -0.4 is 5.32 Å². The van der Waals surface area contributed by atoms with Gasteiger partial charge in [0.2, 0.25) is 0 Å².